The number of nitrogens with zero attached hydrogens (tertiary/aromatic N) is 2. The Morgan fingerprint density at radius 3 is 2.17 bits per heavy atom. The van der Waals surface area contributed by atoms with Crippen molar-refractivity contribution in [2.24, 2.45) is 5.10 Å². The van der Waals surface area contributed by atoms with Crippen molar-refractivity contribution in [2.45, 2.75) is 13.5 Å². The maximum Gasteiger partial charge on any atom is 0.280 e. The summed E-state index contributed by atoms with van der Waals surface area (Å²) in [5.41, 5.74) is 0.00736. The van der Waals surface area contributed by atoms with E-state index in [2.05, 4.69) is 43.6 Å². The first-order valence-electron chi connectivity index (χ1n) is 9.88. The predicted octanol–water partition coefficient (Wildman–Crippen LogP) is 7.13. The van der Waals surface area contributed by atoms with Crippen molar-refractivity contribution in [1.29, 1.82) is 0 Å². The Bertz CT molecular complexity index is 1380. The van der Waals surface area contributed by atoms with Crippen LogP contribution in [-0.2, 0) is 11.4 Å². The van der Waals surface area contributed by atoms with Crippen molar-refractivity contribution in [1.82, 2.24) is 0 Å². The molecule has 4 nitrogen and oxygen atoms in total. The molecule has 1 heterocycles. The summed E-state index contributed by atoms with van der Waals surface area (Å²) < 4.78 is 76.5. The third-order valence-electron chi connectivity index (χ3n) is 5.04. The molecule has 0 spiro atoms. The van der Waals surface area contributed by atoms with Gasteiger partial charge >= 0.3 is 0 Å². The molecular weight excluding hydrogens is 650 g/mol. The standard InChI is InChI=1S/C24H13BrF5IN2O2/c1-11-15(24(34)33(32-11)23-21(29)19(27)18(26)20(28)22(23)30)8-13-4-7-17(16(25)9-13)35-10-12-2-5-14(31)6-3-12/h2-9H,10H2,1H3/b15-8+. The van der Waals surface area contributed by atoms with Gasteiger partial charge in [-0.15, -0.1) is 0 Å². The van der Waals surface area contributed by atoms with E-state index in [1.54, 1.807) is 18.2 Å². The van der Waals surface area contributed by atoms with Crippen LogP contribution in [0.5, 0.6) is 5.75 Å². The molecule has 3 aromatic carbocycles. The SMILES string of the molecule is CC1=NN(c2c(F)c(F)c(F)c(F)c2F)C(=O)/C1=C/c1ccc(OCc2ccc(I)cc2)c(Br)c1. The summed E-state index contributed by atoms with van der Waals surface area (Å²) in [6.07, 6.45) is 1.39. The lowest BCUT2D eigenvalue weighted by Crippen LogP contribution is -2.25. The van der Waals surface area contributed by atoms with E-state index in [0.717, 1.165) is 9.13 Å². The third-order valence-corrected chi connectivity index (χ3v) is 6.37. The van der Waals surface area contributed by atoms with Crippen LogP contribution in [-0.4, -0.2) is 11.6 Å². The minimum absolute atomic E-state index is 0.0362. The van der Waals surface area contributed by atoms with Crippen LogP contribution in [0, 0.1) is 32.7 Å². The number of benzene rings is 3. The van der Waals surface area contributed by atoms with Gasteiger partial charge in [-0.05, 0) is 86.9 Å². The molecule has 0 saturated heterocycles. The van der Waals surface area contributed by atoms with Gasteiger partial charge in [-0.2, -0.15) is 10.1 Å². The van der Waals surface area contributed by atoms with Crippen LogP contribution in [0.25, 0.3) is 6.08 Å². The van der Waals surface area contributed by atoms with Crippen molar-refractivity contribution in [3.05, 3.63) is 96.3 Å². The molecule has 0 unspecified atom stereocenters. The van der Waals surface area contributed by atoms with Crippen LogP contribution in [0.3, 0.4) is 0 Å². The second-order valence-electron chi connectivity index (χ2n) is 7.38. The minimum atomic E-state index is -2.32. The van der Waals surface area contributed by atoms with Gasteiger partial charge in [0.15, 0.2) is 23.3 Å². The number of hydrogen-bond donors (Lipinski definition) is 0. The second-order valence-corrected chi connectivity index (χ2v) is 9.48. The molecule has 1 aliphatic rings. The molecule has 0 fully saturated rings. The van der Waals surface area contributed by atoms with E-state index in [4.69, 9.17) is 4.74 Å². The first-order valence-corrected chi connectivity index (χ1v) is 11.8. The second kappa shape index (κ2) is 10.1. The average molecular weight is 663 g/mol. The molecule has 1 amide bonds. The molecule has 0 N–H and O–H groups in total. The van der Waals surface area contributed by atoms with Crippen molar-refractivity contribution in [2.75, 3.05) is 5.01 Å². The lowest BCUT2D eigenvalue weighted by Gasteiger charge is -2.15. The lowest BCUT2D eigenvalue weighted by molar-refractivity contribution is -0.114. The highest BCUT2D eigenvalue weighted by Crippen LogP contribution is 2.34. The summed E-state index contributed by atoms with van der Waals surface area (Å²) >= 11 is 5.61. The molecule has 4 rings (SSSR count). The summed E-state index contributed by atoms with van der Waals surface area (Å²) in [4.78, 5) is 12.8. The van der Waals surface area contributed by atoms with Gasteiger partial charge in [0.1, 0.15) is 18.0 Å². The van der Waals surface area contributed by atoms with E-state index in [1.807, 2.05) is 24.3 Å². The van der Waals surface area contributed by atoms with E-state index in [0.29, 0.717) is 22.4 Å². The van der Waals surface area contributed by atoms with Crippen LogP contribution >= 0.6 is 38.5 Å². The molecule has 0 radical (unpaired) electrons. The molecule has 1 aliphatic heterocycles. The highest BCUT2D eigenvalue weighted by Gasteiger charge is 2.37. The quantitative estimate of drug-likeness (QED) is 0.0959. The molecule has 0 atom stereocenters. The Labute approximate surface area is 218 Å². The van der Waals surface area contributed by atoms with Crippen LogP contribution in [0.2, 0.25) is 0 Å². The summed E-state index contributed by atoms with van der Waals surface area (Å²) in [5.74, 6) is -11.4. The monoisotopic (exact) mass is 662 g/mol. The molecule has 3 aromatic rings. The lowest BCUT2D eigenvalue weighted by atomic mass is 10.1. The molecule has 35 heavy (non-hydrogen) atoms. The normalized spacial score (nSPS) is 14.6. The van der Waals surface area contributed by atoms with Gasteiger partial charge < -0.3 is 4.74 Å². The van der Waals surface area contributed by atoms with Crippen molar-refractivity contribution < 1.29 is 31.5 Å². The van der Waals surface area contributed by atoms with Crippen molar-refractivity contribution >= 4 is 61.9 Å². The smallest absolute Gasteiger partial charge is 0.280 e. The third kappa shape index (κ3) is 4.96. The summed E-state index contributed by atoms with van der Waals surface area (Å²) in [5, 5.41) is 3.89. The van der Waals surface area contributed by atoms with Gasteiger partial charge in [0.2, 0.25) is 5.82 Å². The van der Waals surface area contributed by atoms with Gasteiger partial charge in [-0.3, -0.25) is 4.79 Å². The zero-order valence-electron chi connectivity index (χ0n) is 17.7. The number of ether oxygens (including phenoxy) is 1. The number of rotatable bonds is 5. The molecule has 0 bridgehead atoms. The van der Waals surface area contributed by atoms with Gasteiger partial charge in [0, 0.05) is 3.57 Å². The summed E-state index contributed by atoms with van der Waals surface area (Å²) in [7, 11) is 0. The summed E-state index contributed by atoms with van der Waals surface area (Å²) in [6.45, 7) is 1.71. The maximum atomic E-state index is 14.2. The Balaban J connectivity index is 1.58. The minimum Gasteiger partial charge on any atom is -0.488 e. The highest BCUT2D eigenvalue weighted by atomic mass is 127. The number of anilines is 1. The van der Waals surface area contributed by atoms with E-state index in [9.17, 15) is 26.7 Å². The van der Waals surface area contributed by atoms with Crippen LogP contribution < -0.4 is 9.75 Å². The predicted molar refractivity (Wildman–Crippen MR) is 132 cm³/mol. The molecule has 11 heteroatoms. The highest BCUT2D eigenvalue weighted by molar-refractivity contribution is 14.1. The van der Waals surface area contributed by atoms with Gasteiger partial charge in [-0.1, -0.05) is 18.2 Å². The van der Waals surface area contributed by atoms with Gasteiger partial charge in [0.05, 0.1) is 15.8 Å². The van der Waals surface area contributed by atoms with Crippen LogP contribution in [0.15, 0.2) is 57.6 Å². The van der Waals surface area contributed by atoms with E-state index < -0.39 is 40.7 Å². The molecular formula is C24H13BrF5IN2O2. The molecule has 0 aliphatic carbocycles. The Morgan fingerprint density at radius 1 is 0.971 bits per heavy atom. The number of amides is 1. The number of hydrogen-bond acceptors (Lipinski definition) is 3. The largest absolute Gasteiger partial charge is 0.488 e. The molecule has 180 valence electrons. The fourth-order valence-corrected chi connectivity index (χ4v) is 4.12. The Hall–Kier alpha value is -2.80. The molecule has 0 saturated carbocycles. The Kier molecular flexibility index (Phi) is 7.27. The number of hydrazone groups is 1. The fraction of sp³-hybridized carbons (Fsp3) is 0.0833. The van der Waals surface area contributed by atoms with Crippen LogP contribution in [0.4, 0.5) is 27.6 Å². The van der Waals surface area contributed by atoms with E-state index in [-0.39, 0.29) is 16.3 Å². The van der Waals surface area contributed by atoms with Crippen molar-refractivity contribution in [3.63, 3.8) is 0 Å². The zero-order valence-corrected chi connectivity index (χ0v) is 21.4. The van der Waals surface area contributed by atoms with E-state index >= 15 is 0 Å². The maximum absolute atomic E-state index is 14.2. The fourth-order valence-electron chi connectivity index (χ4n) is 3.25. The average Bonchev–Trinajstić information content (AvgIpc) is 3.10. The number of carbonyl (C=O) groups excluding carboxylic acids is 1. The number of halogens is 7. The van der Waals surface area contributed by atoms with Crippen LogP contribution in [0.1, 0.15) is 18.1 Å². The van der Waals surface area contributed by atoms with Crippen molar-refractivity contribution in [3.8, 4) is 5.75 Å². The van der Waals surface area contributed by atoms with E-state index in [1.165, 1.54) is 13.0 Å². The Morgan fingerprint density at radius 2 is 1.57 bits per heavy atom. The molecule has 0 aromatic heterocycles. The first-order chi connectivity index (χ1) is 16.6. The summed E-state index contributed by atoms with van der Waals surface area (Å²) in [6, 6.07) is 12.8. The number of carbonyl (C=O) groups is 1. The zero-order chi connectivity index (χ0) is 25.4. The van der Waals surface area contributed by atoms with Gasteiger partial charge in [0.25, 0.3) is 5.91 Å². The van der Waals surface area contributed by atoms with Gasteiger partial charge in [-0.25, -0.2) is 22.0 Å². The first kappa shape index (κ1) is 25.3. The topological polar surface area (TPSA) is 41.9 Å².